The minimum Gasteiger partial charge on any atom is -0.340 e. The van der Waals surface area contributed by atoms with Crippen LogP contribution in [0.2, 0.25) is 0 Å². The van der Waals surface area contributed by atoms with E-state index in [0.29, 0.717) is 0 Å². The summed E-state index contributed by atoms with van der Waals surface area (Å²) in [5, 5.41) is 2.57. The Labute approximate surface area is 221 Å². The van der Waals surface area contributed by atoms with E-state index in [1.165, 1.54) is 21.8 Å². The van der Waals surface area contributed by atoms with Gasteiger partial charge in [-0.25, -0.2) is 9.97 Å². The molecule has 0 saturated heterocycles. The Hall–Kier alpha value is -3.02. The molecule has 5 heteroatoms. The van der Waals surface area contributed by atoms with Crippen molar-refractivity contribution in [2.45, 2.75) is 26.3 Å². The fourth-order valence-electron chi connectivity index (χ4n) is 4.82. The second-order valence-corrected chi connectivity index (χ2v) is 10.5. The summed E-state index contributed by atoms with van der Waals surface area (Å²) in [6.45, 7) is 3.24. The van der Waals surface area contributed by atoms with Gasteiger partial charge in [0.15, 0.2) is 0 Å². The quantitative estimate of drug-likeness (QED) is 0.202. The van der Waals surface area contributed by atoms with Crippen molar-refractivity contribution in [3.05, 3.63) is 93.9 Å². The number of halogens is 2. The van der Waals surface area contributed by atoms with Crippen LogP contribution in [0.4, 0.5) is 0 Å². The monoisotopic (exact) mass is 583 g/mol. The highest BCUT2D eigenvalue weighted by atomic mass is 79.9. The first-order valence-electron chi connectivity index (χ1n) is 11.9. The molecular weight excluding hydrogens is 562 g/mol. The van der Waals surface area contributed by atoms with E-state index in [1.807, 2.05) is 30.3 Å². The van der Waals surface area contributed by atoms with Crippen molar-refractivity contribution in [2.75, 3.05) is 0 Å². The Balaban J connectivity index is 1.66. The molecule has 2 heterocycles. The topological polar surface area (TPSA) is 30.7 Å². The molecule has 4 aromatic carbocycles. The Kier molecular flexibility index (Phi) is 5.91. The lowest BCUT2D eigenvalue weighted by atomic mass is 10.0. The molecule has 0 aliphatic heterocycles. The highest BCUT2D eigenvalue weighted by molar-refractivity contribution is 9.11. The Morgan fingerprint density at radius 3 is 2.00 bits per heavy atom. The van der Waals surface area contributed by atoms with Gasteiger partial charge in [0.25, 0.3) is 0 Å². The van der Waals surface area contributed by atoms with Crippen molar-refractivity contribution in [3.63, 3.8) is 0 Å². The van der Waals surface area contributed by atoms with Crippen molar-refractivity contribution in [1.82, 2.24) is 14.5 Å². The molecule has 0 N–H and O–H groups in total. The fraction of sp³-hybridized carbons (Fsp3) is 0.133. The summed E-state index contributed by atoms with van der Waals surface area (Å²) in [7, 11) is 0. The van der Waals surface area contributed by atoms with Crippen LogP contribution in [0.25, 0.3) is 55.4 Å². The number of fused-ring (bicyclic) bond motifs is 4. The van der Waals surface area contributed by atoms with E-state index < -0.39 is 0 Å². The van der Waals surface area contributed by atoms with Crippen LogP contribution in [0.1, 0.15) is 19.8 Å². The highest BCUT2D eigenvalue weighted by Crippen LogP contribution is 2.38. The molecule has 2 aromatic heterocycles. The van der Waals surface area contributed by atoms with E-state index >= 15 is 0 Å². The molecule has 0 aliphatic rings. The molecule has 0 bridgehead atoms. The van der Waals surface area contributed by atoms with Crippen molar-refractivity contribution >= 4 is 64.7 Å². The van der Waals surface area contributed by atoms with Gasteiger partial charge in [0, 0.05) is 48.4 Å². The normalized spacial score (nSPS) is 11.6. The second-order valence-electron chi connectivity index (χ2n) is 8.77. The second kappa shape index (κ2) is 9.21. The third-order valence-corrected chi connectivity index (χ3v) is 7.83. The first kappa shape index (κ1) is 22.4. The molecular formula is C30H23Br2N3. The predicted octanol–water partition coefficient (Wildman–Crippen LogP) is 9.40. The van der Waals surface area contributed by atoms with Crippen LogP contribution in [0.5, 0.6) is 0 Å². The number of aromatic nitrogens is 3. The number of hydrogen-bond donors (Lipinski definition) is 0. The van der Waals surface area contributed by atoms with Gasteiger partial charge in [0.1, 0.15) is 11.0 Å². The lowest BCUT2D eigenvalue weighted by Crippen LogP contribution is -1.99. The van der Waals surface area contributed by atoms with Gasteiger partial charge in [0.2, 0.25) is 0 Å². The highest BCUT2D eigenvalue weighted by Gasteiger charge is 2.18. The van der Waals surface area contributed by atoms with E-state index in [9.17, 15) is 0 Å². The maximum Gasteiger partial charge on any atom is 0.105 e. The number of nitrogens with zero attached hydrogens (tertiary/aromatic N) is 3. The molecule has 0 radical (unpaired) electrons. The van der Waals surface area contributed by atoms with Gasteiger partial charge in [-0.3, -0.25) is 0 Å². The predicted molar refractivity (Wildman–Crippen MR) is 154 cm³/mol. The van der Waals surface area contributed by atoms with E-state index in [1.54, 1.807) is 0 Å². The zero-order chi connectivity index (χ0) is 23.9. The maximum absolute atomic E-state index is 5.19. The van der Waals surface area contributed by atoms with Crippen molar-refractivity contribution in [3.8, 4) is 22.5 Å². The van der Waals surface area contributed by atoms with Crippen molar-refractivity contribution in [1.29, 1.82) is 0 Å². The first-order chi connectivity index (χ1) is 17.2. The van der Waals surface area contributed by atoms with Crippen LogP contribution in [-0.4, -0.2) is 14.5 Å². The average Bonchev–Trinajstić information content (AvgIpc) is 3.22. The average molecular weight is 585 g/mol. The zero-order valence-corrected chi connectivity index (χ0v) is 22.5. The standard InChI is InChI=1S/C30H23Br2N3/c1-2-3-17-35-25-12-8-7-11-21(25)22-14-13-20(18-26(22)35)28-27(19-9-5-4-6-10-19)33-29-23(31)15-16-24(32)30(29)34-28/h4-16,18H,2-3,17H2,1H3. The maximum atomic E-state index is 5.19. The van der Waals surface area contributed by atoms with Crippen LogP contribution >= 0.6 is 31.9 Å². The largest absolute Gasteiger partial charge is 0.340 e. The van der Waals surface area contributed by atoms with Gasteiger partial charge in [-0.1, -0.05) is 74.0 Å². The van der Waals surface area contributed by atoms with E-state index in [-0.39, 0.29) is 0 Å². The van der Waals surface area contributed by atoms with E-state index in [4.69, 9.17) is 9.97 Å². The summed E-state index contributed by atoms with van der Waals surface area (Å²) in [5.41, 5.74) is 8.11. The lowest BCUT2D eigenvalue weighted by molar-refractivity contribution is 0.665. The van der Waals surface area contributed by atoms with Crippen LogP contribution in [0.3, 0.4) is 0 Å². The van der Waals surface area contributed by atoms with Crippen LogP contribution in [0, 0.1) is 0 Å². The van der Waals surface area contributed by atoms with E-state index in [2.05, 4.69) is 97.9 Å². The number of unbranched alkanes of at least 4 members (excludes halogenated alkanes) is 1. The lowest BCUT2D eigenvalue weighted by Gasteiger charge is -2.13. The number of benzene rings is 4. The third kappa shape index (κ3) is 3.87. The summed E-state index contributed by atoms with van der Waals surface area (Å²) in [4.78, 5) is 10.3. The summed E-state index contributed by atoms with van der Waals surface area (Å²) in [6, 6.07) is 29.8. The number of aryl methyl sites for hydroxylation is 1. The molecule has 3 nitrogen and oxygen atoms in total. The number of rotatable bonds is 5. The minimum absolute atomic E-state index is 0.847. The van der Waals surface area contributed by atoms with Gasteiger partial charge in [0.05, 0.1) is 11.4 Å². The number of hydrogen-bond acceptors (Lipinski definition) is 2. The van der Waals surface area contributed by atoms with Crippen LogP contribution in [0.15, 0.2) is 93.9 Å². The Bertz CT molecular complexity index is 1700. The Morgan fingerprint density at radius 1 is 0.657 bits per heavy atom. The van der Waals surface area contributed by atoms with Gasteiger partial charge in [-0.05, 0) is 62.5 Å². The summed E-state index contributed by atoms with van der Waals surface area (Å²) >= 11 is 7.37. The van der Waals surface area contributed by atoms with Crippen molar-refractivity contribution < 1.29 is 0 Å². The fourth-order valence-corrected chi connectivity index (χ4v) is 5.64. The molecule has 0 fully saturated rings. The van der Waals surface area contributed by atoms with E-state index in [0.717, 1.165) is 61.9 Å². The molecule has 172 valence electrons. The molecule has 0 saturated carbocycles. The number of para-hydroxylation sites is 1. The SMILES string of the molecule is CCCCn1c2ccccc2c2ccc(-c3nc4c(Br)ccc(Br)c4nc3-c3ccccc3)cc21. The third-order valence-electron chi connectivity index (χ3n) is 6.55. The summed E-state index contributed by atoms with van der Waals surface area (Å²) in [5.74, 6) is 0. The molecule has 0 atom stereocenters. The zero-order valence-electron chi connectivity index (χ0n) is 19.3. The molecule has 0 unspecified atom stereocenters. The van der Waals surface area contributed by atoms with Gasteiger partial charge < -0.3 is 4.57 Å². The first-order valence-corrected chi connectivity index (χ1v) is 13.5. The van der Waals surface area contributed by atoms with Gasteiger partial charge in [-0.15, -0.1) is 0 Å². The Morgan fingerprint density at radius 2 is 1.29 bits per heavy atom. The molecule has 0 spiro atoms. The smallest absolute Gasteiger partial charge is 0.105 e. The molecule has 0 aliphatic carbocycles. The van der Waals surface area contributed by atoms with Gasteiger partial charge in [-0.2, -0.15) is 0 Å². The van der Waals surface area contributed by atoms with Crippen molar-refractivity contribution in [2.24, 2.45) is 0 Å². The van der Waals surface area contributed by atoms with Crippen LogP contribution in [-0.2, 0) is 6.54 Å². The van der Waals surface area contributed by atoms with Gasteiger partial charge >= 0.3 is 0 Å². The molecule has 6 rings (SSSR count). The molecule has 35 heavy (non-hydrogen) atoms. The summed E-state index contributed by atoms with van der Waals surface area (Å²) in [6.07, 6.45) is 2.30. The molecule has 6 aromatic rings. The minimum atomic E-state index is 0.847. The summed E-state index contributed by atoms with van der Waals surface area (Å²) < 4.78 is 4.32. The van der Waals surface area contributed by atoms with Crippen LogP contribution < -0.4 is 0 Å². The molecule has 0 amide bonds.